The molecule has 0 atom stereocenters. The van der Waals surface area contributed by atoms with Gasteiger partial charge in [-0.05, 0) is 37.7 Å². The molecule has 2 rings (SSSR count). The highest BCUT2D eigenvalue weighted by Crippen LogP contribution is 2.20. The van der Waals surface area contributed by atoms with Crippen LogP contribution in [-0.4, -0.2) is 6.54 Å². The van der Waals surface area contributed by atoms with Gasteiger partial charge in [0.25, 0.3) is 0 Å². The number of hydrogen-bond donors (Lipinski definition) is 1. The smallest absolute Gasteiger partial charge is 0.146 e. The molecule has 19 heavy (non-hydrogen) atoms. The monoisotopic (exact) mass is 323 g/mol. The lowest BCUT2D eigenvalue weighted by Gasteiger charge is -2.03. The van der Waals surface area contributed by atoms with Gasteiger partial charge in [-0.2, -0.15) is 0 Å². The van der Waals surface area contributed by atoms with Crippen molar-refractivity contribution in [1.29, 1.82) is 0 Å². The van der Waals surface area contributed by atoms with E-state index >= 15 is 0 Å². The number of halogens is 1. The van der Waals surface area contributed by atoms with Crippen molar-refractivity contribution in [2.75, 3.05) is 6.54 Å². The van der Waals surface area contributed by atoms with Crippen LogP contribution in [0.3, 0.4) is 0 Å². The van der Waals surface area contributed by atoms with Crippen molar-refractivity contribution >= 4 is 15.9 Å². The molecular weight excluding hydrogens is 306 g/mol. The zero-order valence-electron chi connectivity index (χ0n) is 11.2. The first-order valence-electron chi connectivity index (χ1n) is 6.36. The first kappa shape index (κ1) is 14.2. The number of furan rings is 1. The predicted molar refractivity (Wildman–Crippen MR) is 79.3 cm³/mol. The first-order valence-corrected chi connectivity index (χ1v) is 7.15. The lowest BCUT2D eigenvalue weighted by atomic mass is 10.2. The van der Waals surface area contributed by atoms with Crippen LogP contribution in [0.25, 0.3) is 0 Å². The molecule has 0 fully saturated rings. The number of aryl methyl sites for hydroxylation is 1. The van der Waals surface area contributed by atoms with Gasteiger partial charge in [0.2, 0.25) is 0 Å². The summed E-state index contributed by atoms with van der Waals surface area (Å²) in [7, 11) is 0. The number of ether oxygens (including phenoxy) is 1. The summed E-state index contributed by atoms with van der Waals surface area (Å²) in [4.78, 5) is 0. The molecule has 0 saturated carbocycles. The van der Waals surface area contributed by atoms with E-state index in [-0.39, 0.29) is 0 Å². The van der Waals surface area contributed by atoms with E-state index in [2.05, 4.69) is 34.2 Å². The molecule has 4 heteroatoms. The molecule has 0 aliphatic rings. The Hall–Kier alpha value is -1.26. The topological polar surface area (TPSA) is 34.4 Å². The van der Waals surface area contributed by atoms with Gasteiger partial charge < -0.3 is 14.5 Å². The second-order valence-electron chi connectivity index (χ2n) is 4.32. The van der Waals surface area contributed by atoms with Gasteiger partial charge in [0.1, 0.15) is 23.9 Å². The average molecular weight is 324 g/mol. The summed E-state index contributed by atoms with van der Waals surface area (Å²) in [5, 5.41) is 3.29. The van der Waals surface area contributed by atoms with Crippen LogP contribution in [0, 0.1) is 6.92 Å². The summed E-state index contributed by atoms with van der Waals surface area (Å²) in [6.07, 6.45) is 0. The van der Waals surface area contributed by atoms with E-state index in [4.69, 9.17) is 9.15 Å². The largest absolute Gasteiger partial charge is 0.486 e. The predicted octanol–water partition coefficient (Wildman–Crippen LogP) is 4.04. The second-order valence-corrected chi connectivity index (χ2v) is 5.24. The molecular formula is C15H18BrNO2. The summed E-state index contributed by atoms with van der Waals surface area (Å²) in [6.45, 7) is 6.31. The molecule has 1 aromatic heterocycles. The molecule has 3 nitrogen and oxygen atoms in total. The molecule has 0 bridgehead atoms. The molecule has 0 unspecified atom stereocenters. The van der Waals surface area contributed by atoms with Gasteiger partial charge in [0.15, 0.2) is 0 Å². The lowest BCUT2D eigenvalue weighted by molar-refractivity contribution is 0.267. The van der Waals surface area contributed by atoms with Crippen molar-refractivity contribution in [3.05, 3.63) is 51.9 Å². The molecule has 0 aliphatic carbocycles. The maximum Gasteiger partial charge on any atom is 0.146 e. The minimum Gasteiger partial charge on any atom is -0.486 e. The van der Waals surface area contributed by atoms with Gasteiger partial charge in [0, 0.05) is 16.6 Å². The SMILES string of the molecule is CCNCc1cc(COc2cccc(Br)c2)oc1C. The van der Waals surface area contributed by atoms with Crippen molar-refractivity contribution in [3.63, 3.8) is 0 Å². The molecule has 102 valence electrons. The highest BCUT2D eigenvalue weighted by atomic mass is 79.9. The quantitative estimate of drug-likeness (QED) is 0.871. The van der Waals surface area contributed by atoms with Crippen LogP contribution in [0.2, 0.25) is 0 Å². The van der Waals surface area contributed by atoms with E-state index in [1.165, 1.54) is 5.56 Å². The maximum absolute atomic E-state index is 5.70. The Morgan fingerprint density at radius 1 is 1.32 bits per heavy atom. The fourth-order valence-electron chi connectivity index (χ4n) is 1.81. The summed E-state index contributed by atoms with van der Waals surface area (Å²) in [5.41, 5.74) is 1.19. The van der Waals surface area contributed by atoms with Crippen LogP contribution >= 0.6 is 15.9 Å². The van der Waals surface area contributed by atoms with E-state index < -0.39 is 0 Å². The van der Waals surface area contributed by atoms with Crippen LogP contribution in [-0.2, 0) is 13.2 Å². The van der Waals surface area contributed by atoms with Crippen molar-refractivity contribution < 1.29 is 9.15 Å². The minimum atomic E-state index is 0.448. The third-order valence-electron chi connectivity index (χ3n) is 2.81. The number of rotatable bonds is 6. The molecule has 0 amide bonds. The third kappa shape index (κ3) is 4.11. The first-order chi connectivity index (χ1) is 9.19. The van der Waals surface area contributed by atoms with E-state index in [1.54, 1.807) is 0 Å². The summed E-state index contributed by atoms with van der Waals surface area (Å²) >= 11 is 3.42. The highest BCUT2D eigenvalue weighted by molar-refractivity contribution is 9.10. The Balaban J connectivity index is 1.96. The van der Waals surface area contributed by atoms with Gasteiger partial charge >= 0.3 is 0 Å². The summed E-state index contributed by atoms with van der Waals surface area (Å²) in [5.74, 6) is 2.64. The number of hydrogen-bond acceptors (Lipinski definition) is 3. The molecule has 2 aromatic rings. The van der Waals surface area contributed by atoms with Crippen molar-refractivity contribution in [2.45, 2.75) is 27.0 Å². The van der Waals surface area contributed by atoms with Crippen molar-refractivity contribution in [1.82, 2.24) is 5.32 Å². The normalized spacial score (nSPS) is 10.7. The van der Waals surface area contributed by atoms with E-state index in [9.17, 15) is 0 Å². The zero-order valence-corrected chi connectivity index (χ0v) is 12.8. The molecule has 1 heterocycles. The van der Waals surface area contributed by atoms with Crippen molar-refractivity contribution in [2.24, 2.45) is 0 Å². The lowest BCUT2D eigenvalue weighted by Crippen LogP contribution is -2.11. The zero-order chi connectivity index (χ0) is 13.7. The molecule has 1 aromatic carbocycles. The Kier molecular flexibility index (Phi) is 5.05. The number of benzene rings is 1. The van der Waals surface area contributed by atoms with Crippen LogP contribution in [0.15, 0.2) is 39.2 Å². The Labute approximate surface area is 122 Å². The van der Waals surface area contributed by atoms with Gasteiger partial charge in [-0.1, -0.05) is 28.9 Å². The van der Waals surface area contributed by atoms with E-state index in [1.807, 2.05) is 31.2 Å². The fraction of sp³-hybridized carbons (Fsp3) is 0.333. The van der Waals surface area contributed by atoms with E-state index in [0.29, 0.717) is 6.61 Å². The maximum atomic E-state index is 5.70. The van der Waals surface area contributed by atoms with Crippen molar-refractivity contribution in [3.8, 4) is 5.75 Å². The molecule has 1 N–H and O–H groups in total. The minimum absolute atomic E-state index is 0.448. The Morgan fingerprint density at radius 2 is 2.16 bits per heavy atom. The van der Waals surface area contributed by atoms with E-state index in [0.717, 1.165) is 34.8 Å². The van der Waals surface area contributed by atoms with Crippen LogP contribution in [0.1, 0.15) is 24.0 Å². The summed E-state index contributed by atoms with van der Waals surface area (Å²) < 4.78 is 12.4. The molecule has 0 radical (unpaired) electrons. The van der Waals surface area contributed by atoms with Gasteiger partial charge in [-0.3, -0.25) is 0 Å². The summed E-state index contributed by atoms with van der Waals surface area (Å²) in [6, 6.07) is 9.84. The third-order valence-corrected chi connectivity index (χ3v) is 3.31. The van der Waals surface area contributed by atoms with Crippen LogP contribution < -0.4 is 10.1 Å². The Bertz CT molecular complexity index is 537. The fourth-order valence-corrected chi connectivity index (χ4v) is 2.18. The van der Waals surface area contributed by atoms with Crippen LogP contribution in [0.4, 0.5) is 0 Å². The Morgan fingerprint density at radius 3 is 2.89 bits per heavy atom. The molecule has 0 spiro atoms. The molecule has 0 saturated heterocycles. The highest BCUT2D eigenvalue weighted by Gasteiger charge is 2.07. The standard InChI is InChI=1S/C15H18BrNO2/c1-3-17-9-12-7-15(19-11(12)2)10-18-14-6-4-5-13(16)8-14/h4-8,17H,3,9-10H2,1-2H3. The van der Waals surface area contributed by atoms with Gasteiger partial charge in [-0.25, -0.2) is 0 Å². The van der Waals surface area contributed by atoms with Gasteiger partial charge in [-0.15, -0.1) is 0 Å². The average Bonchev–Trinajstić information content (AvgIpc) is 2.75. The van der Waals surface area contributed by atoms with Gasteiger partial charge in [0.05, 0.1) is 0 Å². The second kappa shape index (κ2) is 6.78. The van der Waals surface area contributed by atoms with Crippen LogP contribution in [0.5, 0.6) is 5.75 Å². The number of nitrogens with one attached hydrogen (secondary N) is 1. The molecule has 0 aliphatic heterocycles.